The van der Waals surface area contributed by atoms with Crippen LogP contribution in [-0.2, 0) is 9.53 Å². The quantitative estimate of drug-likeness (QED) is 0.927. The highest BCUT2D eigenvalue weighted by molar-refractivity contribution is 7.15. The summed E-state index contributed by atoms with van der Waals surface area (Å²) in [6.07, 6.45) is 1.26. The molecule has 1 fully saturated rings. The van der Waals surface area contributed by atoms with E-state index < -0.39 is 6.10 Å². The zero-order valence-corrected chi connectivity index (χ0v) is 13.0. The molecule has 0 aliphatic carbocycles. The fourth-order valence-electron chi connectivity index (χ4n) is 2.52. The molecular weight excluding hydrogens is 318 g/mol. The van der Waals surface area contributed by atoms with Crippen molar-refractivity contribution in [1.82, 2.24) is 10.2 Å². The number of carbonyl (C=O) groups excluding carboxylic acids is 1. The molecule has 2 aliphatic rings. The van der Waals surface area contributed by atoms with Gasteiger partial charge in [-0.1, -0.05) is 23.5 Å². The zero-order valence-electron chi connectivity index (χ0n) is 12.2. The van der Waals surface area contributed by atoms with Crippen molar-refractivity contribution in [3.05, 3.63) is 29.3 Å². The average Bonchev–Trinajstić information content (AvgIpc) is 3.25. The van der Waals surface area contributed by atoms with Crippen LogP contribution in [0.1, 0.15) is 24.0 Å². The number of hydrogen-bond donors (Lipinski definition) is 1. The lowest BCUT2D eigenvalue weighted by molar-refractivity contribution is -0.125. The van der Waals surface area contributed by atoms with Crippen LogP contribution in [0.4, 0.5) is 5.13 Å². The molecule has 1 amide bonds. The lowest BCUT2D eigenvalue weighted by Gasteiger charge is -2.25. The highest BCUT2D eigenvalue weighted by Crippen LogP contribution is 2.33. The Morgan fingerprint density at radius 1 is 1.26 bits per heavy atom. The molecule has 2 aliphatic heterocycles. The number of nitrogens with zero attached hydrogens (tertiary/aromatic N) is 2. The summed E-state index contributed by atoms with van der Waals surface area (Å²) in [6.45, 7) is 0.916. The molecule has 0 spiro atoms. The summed E-state index contributed by atoms with van der Waals surface area (Å²) in [4.78, 5) is 12.3. The number of carbonyl (C=O) groups is 1. The van der Waals surface area contributed by atoms with Gasteiger partial charge in [0.15, 0.2) is 11.5 Å². The predicted octanol–water partition coefficient (Wildman–Crippen LogP) is 2.17. The third-order valence-electron chi connectivity index (χ3n) is 3.68. The van der Waals surface area contributed by atoms with E-state index in [2.05, 4.69) is 15.5 Å². The Morgan fingerprint density at radius 2 is 2.13 bits per heavy atom. The number of aromatic nitrogens is 2. The van der Waals surface area contributed by atoms with Gasteiger partial charge in [-0.25, -0.2) is 0 Å². The van der Waals surface area contributed by atoms with E-state index in [9.17, 15) is 4.79 Å². The first-order chi connectivity index (χ1) is 11.3. The number of para-hydroxylation sites is 2. The number of hydrogen-bond acceptors (Lipinski definition) is 7. The van der Waals surface area contributed by atoms with Gasteiger partial charge >= 0.3 is 0 Å². The Labute approximate surface area is 136 Å². The van der Waals surface area contributed by atoms with Crippen LogP contribution >= 0.6 is 11.3 Å². The number of amides is 1. The minimum absolute atomic E-state index is 0.000655. The number of fused-ring (bicyclic) bond motifs is 1. The molecular formula is C15H15N3O4S. The molecule has 1 aromatic heterocycles. The van der Waals surface area contributed by atoms with Crippen LogP contribution in [0.3, 0.4) is 0 Å². The Hall–Kier alpha value is -2.19. The van der Waals surface area contributed by atoms with E-state index in [1.165, 1.54) is 11.3 Å². The maximum atomic E-state index is 12.3. The lowest BCUT2D eigenvalue weighted by Crippen LogP contribution is -2.40. The summed E-state index contributed by atoms with van der Waals surface area (Å²) in [6, 6.07) is 7.27. The predicted molar refractivity (Wildman–Crippen MR) is 82.8 cm³/mol. The van der Waals surface area contributed by atoms with Gasteiger partial charge in [-0.05, 0) is 25.0 Å². The molecule has 8 heteroatoms. The molecule has 1 N–H and O–H groups in total. The van der Waals surface area contributed by atoms with E-state index in [1.807, 2.05) is 18.2 Å². The van der Waals surface area contributed by atoms with Crippen molar-refractivity contribution < 1.29 is 19.0 Å². The number of anilines is 1. The van der Waals surface area contributed by atoms with Gasteiger partial charge in [0.25, 0.3) is 5.91 Å². The normalized spacial score (nSPS) is 22.8. The number of nitrogens with one attached hydrogen (secondary N) is 1. The maximum absolute atomic E-state index is 12.3. The first-order valence-electron chi connectivity index (χ1n) is 7.44. The third-order valence-corrected chi connectivity index (χ3v) is 4.61. The number of ether oxygens (including phenoxy) is 3. The van der Waals surface area contributed by atoms with Gasteiger partial charge in [0.1, 0.15) is 17.7 Å². The second-order valence-electron chi connectivity index (χ2n) is 5.30. The smallest absolute Gasteiger partial charge is 0.270 e. The van der Waals surface area contributed by atoms with Crippen LogP contribution in [0.2, 0.25) is 0 Å². The molecule has 0 bridgehead atoms. The summed E-state index contributed by atoms with van der Waals surface area (Å²) >= 11 is 1.33. The highest BCUT2D eigenvalue weighted by atomic mass is 32.1. The fraction of sp³-hybridized carbons (Fsp3) is 0.400. The Morgan fingerprint density at radius 3 is 2.96 bits per heavy atom. The van der Waals surface area contributed by atoms with Gasteiger partial charge in [0.2, 0.25) is 11.2 Å². The van der Waals surface area contributed by atoms with Gasteiger partial charge in [0.05, 0.1) is 0 Å². The van der Waals surface area contributed by atoms with Crippen LogP contribution in [-0.4, -0.2) is 35.4 Å². The second kappa shape index (κ2) is 6.13. The number of benzene rings is 1. The van der Waals surface area contributed by atoms with Crippen LogP contribution in [0.15, 0.2) is 24.3 Å². The average molecular weight is 333 g/mol. The zero-order chi connectivity index (χ0) is 15.6. The molecule has 23 heavy (non-hydrogen) atoms. The monoisotopic (exact) mass is 333 g/mol. The Kier molecular flexibility index (Phi) is 3.84. The van der Waals surface area contributed by atoms with Gasteiger partial charge in [0, 0.05) is 6.61 Å². The Bertz CT molecular complexity index is 714. The van der Waals surface area contributed by atoms with Crippen LogP contribution in [0.25, 0.3) is 0 Å². The molecule has 1 aromatic carbocycles. The maximum Gasteiger partial charge on any atom is 0.270 e. The molecule has 2 atom stereocenters. The topological polar surface area (TPSA) is 82.6 Å². The molecule has 2 unspecified atom stereocenters. The standard InChI is InChI=1S/C15H15N3O4S/c19-13(12-8-21-9-4-1-2-5-10(9)22-12)16-15-18-17-14(23-15)11-6-3-7-20-11/h1-2,4-5,11-12H,3,6-8H2,(H,16,18,19). The van der Waals surface area contributed by atoms with Crippen molar-refractivity contribution in [1.29, 1.82) is 0 Å². The van der Waals surface area contributed by atoms with E-state index >= 15 is 0 Å². The van der Waals surface area contributed by atoms with Crippen molar-refractivity contribution in [2.75, 3.05) is 18.5 Å². The molecule has 2 aromatic rings. The van der Waals surface area contributed by atoms with Crippen LogP contribution in [0.5, 0.6) is 11.5 Å². The van der Waals surface area contributed by atoms with Crippen molar-refractivity contribution in [2.45, 2.75) is 25.0 Å². The molecule has 0 saturated carbocycles. The highest BCUT2D eigenvalue weighted by Gasteiger charge is 2.29. The van der Waals surface area contributed by atoms with E-state index in [4.69, 9.17) is 14.2 Å². The van der Waals surface area contributed by atoms with Gasteiger partial charge in [-0.3, -0.25) is 10.1 Å². The van der Waals surface area contributed by atoms with Crippen molar-refractivity contribution in [3.8, 4) is 11.5 Å². The number of rotatable bonds is 3. The van der Waals surface area contributed by atoms with Gasteiger partial charge < -0.3 is 14.2 Å². The third kappa shape index (κ3) is 2.99. The minimum Gasteiger partial charge on any atom is -0.485 e. The Balaban J connectivity index is 1.40. The van der Waals surface area contributed by atoms with Crippen molar-refractivity contribution >= 4 is 22.4 Å². The van der Waals surface area contributed by atoms with E-state index in [0.29, 0.717) is 16.6 Å². The van der Waals surface area contributed by atoms with E-state index in [1.54, 1.807) is 6.07 Å². The molecule has 0 radical (unpaired) electrons. The molecule has 7 nitrogen and oxygen atoms in total. The first-order valence-corrected chi connectivity index (χ1v) is 8.25. The molecule has 3 heterocycles. The summed E-state index contributed by atoms with van der Waals surface area (Å²) in [5.74, 6) is 0.916. The molecule has 4 rings (SSSR count). The van der Waals surface area contributed by atoms with Crippen LogP contribution in [0, 0.1) is 0 Å². The molecule has 1 saturated heterocycles. The first kappa shape index (κ1) is 14.4. The minimum atomic E-state index is -0.708. The van der Waals surface area contributed by atoms with E-state index in [-0.39, 0.29) is 18.6 Å². The fourth-order valence-corrected chi connectivity index (χ4v) is 3.35. The summed E-state index contributed by atoms with van der Waals surface area (Å²) < 4.78 is 16.8. The van der Waals surface area contributed by atoms with E-state index in [0.717, 1.165) is 24.5 Å². The van der Waals surface area contributed by atoms with Crippen molar-refractivity contribution in [3.63, 3.8) is 0 Å². The van der Waals surface area contributed by atoms with Gasteiger partial charge in [-0.2, -0.15) is 0 Å². The second-order valence-corrected chi connectivity index (χ2v) is 6.31. The van der Waals surface area contributed by atoms with Crippen LogP contribution < -0.4 is 14.8 Å². The van der Waals surface area contributed by atoms with Crippen molar-refractivity contribution in [2.24, 2.45) is 0 Å². The lowest BCUT2D eigenvalue weighted by atomic mass is 10.2. The SMILES string of the molecule is O=C(Nc1nnc(C2CCCO2)s1)C1COc2ccccc2O1. The summed E-state index contributed by atoms with van der Waals surface area (Å²) in [5.41, 5.74) is 0. The molecule has 120 valence electrons. The largest absolute Gasteiger partial charge is 0.485 e. The summed E-state index contributed by atoms with van der Waals surface area (Å²) in [7, 11) is 0. The summed E-state index contributed by atoms with van der Waals surface area (Å²) in [5, 5.41) is 12.1. The van der Waals surface area contributed by atoms with Gasteiger partial charge in [-0.15, -0.1) is 10.2 Å².